The maximum Gasteiger partial charge on any atom is 0.409 e. The fourth-order valence-electron chi connectivity index (χ4n) is 4.57. The Morgan fingerprint density at radius 1 is 1.11 bits per heavy atom. The standard InChI is InChI=1S/C28H32N2O6/c1-3-13-35-28(33)30-17-22(16-26(31)32)24(18-30)21-10-7-11-23(15-21)34-14-12-25-19(2)36-27(29-25)20-8-5-4-6-9-20/h4-11,15,22,24H,3,12-14,16-18H2,1-2H3,(H,31,32)/t22-,24?/m1/s1. The number of nitrogens with zero attached hydrogens (tertiary/aromatic N) is 2. The van der Waals surface area contributed by atoms with Gasteiger partial charge in [-0.15, -0.1) is 0 Å². The van der Waals surface area contributed by atoms with Crippen LogP contribution in [0.15, 0.2) is 59.0 Å². The average Bonchev–Trinajstić information content (AvgIpc) is 3.46. The molecule has 1 aliphatic heterocycles. The molecule has 0 radical (unpaired) electrons. The molecule has 1 unspecified atom stereocenters. The van der Waals surface area contributed by atoms with Gasteiger partial charge in [-0.1, -0.05) is 37.3 Å². The fourth-order valence-corrected chi connectivity index (χ4v) is 4.57. The van der Waals surface area contributed by atoms with E-state index in [1.54, 1.807) is 4.90 Å². The Hall–Kier alpha value is -3.81. The number of ether oxygens (including phenoxy) is 2. The van der Waals surface area contributed by atoms with E-state index in [2.05, 4.69) is 4.98 Å². The minimum Gasteiger partial charge on any atom is -0.493 e. The molecule has 1 N–H and O–H groups in total. The first kappa shape index (κ1) is 25.3. The molecule has 8 heteroatoms. The molecule has 1 fully saturated rings. The van der Waals surface area contributed by atoms with E-state index in [0.717, 1.165) is 29.0 Å². The SMILES string of the molecule is CCCOC(=O)N1CC(c2cccc(OCCc3nc(-c4ccccc4)oc3C)c2)[C@H](CC(=O)O)C1. The van der Waals surface area contributed by atoms with Crippen molar-refractivity contribution in [3.8, 4) is 17.2 Å². The van der Waals surface area contributed by atoms with Crippen LogP contribution >= 0.6 is 0 Å². The number of carbonyl (C=O) groups is 2. The van der Waals surface area contributed by atoms with Crippen LogP contribution < -0.4 is 4.74 Å². The van der Waals surface area contributed by atoms with Crippen LogP contribution in [0.25, 0.3) is 11.5 Å². The number of hydrogen-bond acceptors (Lipinski definition) is 6. The summed E-state index contributed by atoms with van der Waals surface area (Å²) in [6.45, 7) is 5.39. The lowest BCUT2D eigenvalue weighted by Gasteiger charge is -2.18. The summed E-state index contributed by atoms with van der Waals surface area (Å²) in [5.41, 5.74) is 2.73. The Bertz CT molecular complexity index is 1180. The van der Waals surface area contributed by atoms with Crippen LogP contribution in [0.1, 0.15) is 42.7 Å². The van der Waals surface area contributed by atoms with Crippen LogP contribution in [0.3, 0.4) is 0 Å². The van der Waals surface area contributed by atoms with Gasteiger partial charge in [-0.25, -0.2) is 9.78 Å². The molecule has 2 heterocycles. The quantitative estimate of drug-likeness (QED) is 0.409. The van der Waals surface area contributed by atoms with Gasteiger partial charge in [0, 0.05) is 31.0 Å². The maximum atomic E-state index is 12.4. The predicted octanol–water partition coefficient (Wildman–Crippen LogP) is 5.31. The molecule has 0 spiro atoms. The van der Waals surface area contributed by atoms with Crippen molar-refractivity contribution in [3.05, 3.63) is 71.6 Å². The lowest BCUT2D eigenvalue weighted by atomic mass is 9.87. The summed E-state index contributed by atoms with van der Waals surface area (Å²) < 4.78 is 17.1. The number of oxazole rings is 1. The third-order valence-electron chi connectivity index (χ3n) is 6.37. The van der Waals surface area contributed by atoms with E-state index >= 15 is 0 Å². The molecule has 3 aromatic rings. The fraction of sp³-hybridized carbons (Fsp3) is 0.393. The Balaban J connectivity index is 1.40. The molecule has 0 aliphatic carbocycles. The molecule has 2 aromatic carbocycles. The molecule has 1 amide bonds. The Labute approximate surface area is 210 Å². The highest BCUT2D eigenvalue weighted by atomic mass is 16.6. The lowest BCUT2D eigenvalue weighted by molar-refractivity contribution is -0.138. The van der Waals surface area contributed by atoms with Crippen molar-refractivity contribution in [2.45, 2.75) is 39.0 Å². The maximum absolute atomic E-state index is 12.4. The predicted molar refractivity (Wildman–Crippen MR) is 134 cm³/mol. The molecule has 0 bridgehead atoms. The van der Waals surface area contributed by atoms with Gasteiger partial charge in [0.05, 0.1) is 25.3 Å². The number of carboxylic acids is 1. The highest BCUT2D eigenvalue weighted by molar-refractivity contribution is 5.70. The molecule has 1 aliphatic rings. The first-order valence-corrected chi connectivity index (χ1v) is 12.3. The van der Waals surface area contributed by atoms with Crippen molar-refractivity contribution in [1.29, 1.82) is 0 Å². The first-order chi connectivity index (χ1) is 17.4. The summed E-state index contributed by atoms with van der Waals surface area (Å²) in [4.78, 5) is 30.1. The highest BCUT2D eigenvalue weighted by Crippen LogP contribution is 2.36. The topological polar surface area (TPSA) is 102 Å². The Morgan fingerprint density at radius 2 is 1.92 bits per heavy atom. The Kier molecular flexibility index (Phi) is 8.25. The smallest absolute Gasteiger partial charge is 0.409 e. The molecule has 8 nitrogen and oxygen atoms in total. The van der Waals surface area contributed by atoms with Crippen LogP contribution in [0.4, 0.5) is 4.79 Å². The molecule has 1 aromatic heterocycles. The zero-order valence-electron chi connectivity index (χ0n) is 20.7. The van der Waals surface area contributed by atoms with Crippen molar-refractivity contribution in [2.75, 3.05) is 26.3 Å². The van der Waals surface area contributed by atoms with Crippen LogP contribution in [0, 0.1) is 12.8 Å². The normalized spacial score (nSPS) is 17.2. The number of rotatable bonds is 10. The third kappa shape index (κ3) is 6.24. The van der Waals surface area contributed by atoms with Gasteiger partial charge < -0.3 is 23.9 Å². The third-order valence-corrected chi connectivity index (χ3v) is 6.37. The number of aryl methyl sites for hydroxylation is 1. The van der Waals surface area contributed by atoms with Crippen LogP contribution in [0.2, 0.25) is 0 Å². The summed E-state index contributed by atoms with van der Waals surface area (Å²) in [5, 5.41) is 9.41. The van der Waals surface area contributed by atoms with Gasteiger partial charge in [0.1, 0.15) is 11.5 Å². The Morgan fingerprint density at radius 3 is 2.67 bits per heavy atom. The van der Waals surface area contributed by atoms with Gasteiger partial charge in [-0.3, -0.25) is 4.79 Å². The van der Waals surface area contributed by atoms with Gasteiger partial charge in [-0.2, -0.15) is 0 Å². The molecule has 36 heavy (non-hydrogen) atoms. The number of amides is 1. The van der Waals surface area contributed by atoms with Crippen LogP contribution in [-0.2, 0) is 16.0 Å². The highest BCUT2D eigenvalue weighted by Gasteiger charge is 2.38. The van der Waals surface area contributed by atoms with E-state index in [1.807, 2.05) is 68.4 Å². The summed E-state index contributed by atoms with van der Waals surface area (Å²) in [7, 11) is 0. The number of aliphatic carboxylic acids is 1. The number of aromatic nitrogens is 1. The van der Waals surface area contributed by atoms with Crippen molar-refractivity contribution in [1.82, 2.24) is 9.88 Å². The van der Waals surface area contributed by atoms with Gasteiger partial charge in [0.25, 0.3) is 0 Å². The van der Waals surface area contributed by atoms with E-state index in [-0.39, 0.29) is 24.3 Å². The van der Waals surface area contributed by atoms with Crippen LogP contribution in [-0.4, -0.2) is 53.4 Å². The second-order valence-electron chi connectivity index (χ2n) is 9.04. The number of benzene rings is 2. The van der Waals surface area contributed by atoms with Gasteiger partial charge in [0.15, 0.2) is 0 Å². The first-order valence-electron chi connectivity index (χ1n) is 12.3. The van der Waals surface area contributed by atoms with E-state index in [1.165, 1.54) is 0 Å². The van der Waals surface area contributed by atoms with Gasteiger partial charge in [0.2, 0.25) is 5.89 Å². The van der Waals surface area contributed by atoms with E-state index in [4.69, 9.17) is 13.9 Å². The zero-order chi connectivity index (χ0) is 25.5. The zero-order valence-corrected chi connectivity index (χ0v) is 20.7. The van der Waals surface area contributed by atoms with E-state index < -0.39 is 5.97 Å². The van der Waals surface area contributed by atoms with Crippen molar-refractivity contribution < 1.29 is 28.6 Å². The lowest BCUT2D eigenvalue weighted by Crippen LogP contribution is -2.30. The van der Waals surface area contributed by atoms with Crippen molar-refractivity contribution >= 4 is 12.1 Å². The monoisotopic (exact) mass is 492 g/mol. The summed E-state index contributed by atoms with van der Waals surface area (Å²) in [6, 6.07) is 17.4. The number of carbonyl (C=O) groups excluding carboxylic acids is 1. The summed E-state index contributed by atoms with van der Waals surface area (Å²) in [6.07, 6.45) is 0.930. The van der Waals surface area contributed by atoms with Gasteiger partial charge >= 0.3 is 12.1 Å². The number of carboxylic acid groups (broad SMARTS) is 1. The second kappa shape index (κ2) is 11.7. The summed E-state index contributed by atoms with van der Waals surface area (Å²) >= 11 is 0. The molecule has 4 rings (SSSR count). The van der Waals surface area contributed by atoms with E-state index in [0.29, 0.717) is 44.4 Å². The number of hydrogen-bond donors (Lipinski definition) is 1. The molecular formula is C28H32N2O6. The molecular weight excluding hydrogens is 460 g/mol. The molecule has 2 atom stereocenters. The molecule has 1 saturated heterocycles. The van der Waals surface area contributed by atoms with Crippen molar-refractivity contribution in [3.63, 3.8) is 0 Å². The minimum atomic E-state index is -0.876. The second-order valence-corrected chi connectivity index (χ2v) is 9.04. The largest absolute Gasteiger partial charge is 0.493 e. The number of likely N-dealkylation sites (tertiary alicyclic amines) is 1. The minimum absolute atomic E-state index is 0.0114. The van der Waals surface area contributed by atoms with E-state index in [9.17, 15) is 14.7 Å². The molecule has 190 valence electrons. The average molecular weight is 493 g/mol. The van der Waals surface area contributed by atoms with Crippen molar-refractivity contribution in [2.24, 2.45) is 5.92 Å². The summed E-state index contributed by atoms with van der Waals surface area (Å²) in [5.74, 6) is 0.879. The van der Waals surface area contributed by atoms with Gasteiger partial charge in [-0.05, 0) is 49.1 Å². The molecule has 0 saturated carbocycles. The van der Waals surface area contributed by atoms with Crippen LogP contribution in [0.5, 0.6) is 5.75 Å².